The van der Waals surface area contributed by atoms with Crippen LogP contribution in [0.15, 0.2) is 0 Å². The van der Waals surface area contributed by atoms with Crippen LogP contribution in [0.4, 0.5) is 13.2 Å². The summed E-state index contributed by atoms with van der Waals surface area (Å²) in [5, 5.41) is 7.12. The fourth-order valence-electron chi connectivity index (χ4n) is 3.06. The third-order valence-electron chi connectivity index (χ3n) is 4.53. The Morgan fingerprint density at radius 2 is 1.93 bits per heavy atom. The van der Waals surface area contributed by atoms with E-state index in [0.29, 0.717) is 32.9 Å². The smallest absolute Gasteiger partial charge is 0.475 e. The first-order valence-corrected chi connectivity index (χ1v) is 10.1. The molecule has 0 radical (unpaired) electrons. The van der Waals surface area contributed by atoms with Gasteiger partial charge in [-0.05, 0) is 19.9 Å². The average molecular weight is 420 g/mol. The molecule has 0 amide bonds. The van der Waals surface area contributed by atoms with Crippen molar-refractivity contribution in [2.24, 2.45) is 5.41 Å². The molecular formula is C15H27F3N2O6S. The van der Waals surface area contributed by atoms with Gasteiger partial charge in [-0.2, -0.15) is 17.5 Å². The molecule has 1 spiro atoms. The average Bonchev–Trinajstić information content (AvgIpc) is 2.85. The standard InChI is InChI=1S/C13H26N2O4S.C2HF3O2/c1-3-20(16,17)15-7-9-19-12-13(11-15)4-5-14(10-13)6-8-18-2;3-2(4,5)1(6)7/h3-12H2,1-2H3;(H,6,7). The molecule has 0 aliphatic carbocycles. The van der Waals surface area contributed by atoms with Crippen molar-refractivity contribution < 1.29 is 41.0 Å². The molecule has 8 nitrogen and oxygen atoms in total. The number of hydrogen-bond acceptors (Lipinski definition) is 6. The molecule has 1 unspecified atom stereocenters. The van der Waals surface area contributed by atoms with E-state index in [1.165, 1.54) is 0 Å². The van der Waals surface area contributed by atoms with E-state index in [0.717, 1.165) is 26.1 Å². The van der Waals surface area contributed by atoms with Crippen molar-refractivity contribution in [3.8, 4) is 0 Å². The number of carbonyl (C=O) groups is 1. The SMILES string of the molecule is CCS(=O)(=O)N1CCOCC2(CCN(CCOC)C2)C1.O=C(O)C(F)(F)F. The first-order chi connectivity index (χ1) is 12.5. The van der Waals surface area contributed by atoms with E-state index in [2.05, 4.69) is 4.90 Å². The molecule has 2 heterocycles. The summed E-state index contributed by atoms with van der Waals surface area (Å²) < 4.78 is 68.4. The Labute approximate surface area is 157 Å². The minimum Gasteiger partial charge on any atom is -0.475 e. The molecule has 0 saturated carbocycles. The Morgan fingerprint density at radius 3 is 2.44 bits per heavy atom. The zero-order valence-electron chi connectivity index (χ0n) is 15.5. The molecule has 0 bridgehead atoms. The van der Waals surface area contributed by atoms with Crippen LogP contribution >= 0.6 is 0 Å². The zero-order valence-corrected chi connectivity index (χ0v) is 16.3. The van der Waals surface area contributed by atoms with Crippen LogP contribution < -0.4 is 0 Å². The topological polar surface area (TPSA) is 96.4 Å². The number of sulfonamides is 1. The summed E-state index contributed by atoms with van der Waals surface area (Å²) in [5.41, 5.74) is -0.0491. The fraction of sp³-hybridized carbons (Fsp3) is 0.933. The summed E-state index contributed by atoms with van der Waals surface area (Å²) in [6.07, 6.45) is -4.09. The second-order valence-corrected chi connectivity index (χ2v) is 8.87. The molecule has 12 heteroatoms. The molecule has 27 heavy (non-hydrogen) atoms. The Kier molecular flexibility index (Phi) is 8.93. The van der Waals surface area contributed by atoms with Crippen LogP contribution in [-0.4, -0.2) is 100 Å². The molecule has 0 aromatic rings. The van der Waals surface area contributed by atoms with E-state index < -0.39 is 22.2 Å². The summed E-state index contributed by atoms with van der Waals surface area (Å²) in [6, 6.07) is 0. The molecule has 0 aromatic carbocycles. The van der Waals surface area contributed by atoms with E-state index in [9.17, 15) is 21.6 Å². The van der Waals surface area contributed by atoms with Gasteiger partial charge in [0, 0.05) is 38.7 Å². The fourth-order valence-corrected chi connectivity index (χ4v) is 4.25. The Bertz CT molecular complexity index is 587. The van der Waals surface area contributed by atoms with Crippen LogP contribution in [0.25, 0.3) is 0 Å². The number of aliphatic carboxylic acids is 1. The molecule has 2 saturated heterocycles. The predicted molar refractivity (Wildman–Crippen MR) is 90.9 cm³/mol. The van der Waals surface area contributed by atoms with Crippen LogP contribution in [-0.2, 0) is 24.3 Å². The molecular weight excluding hydrogens is 393 g/mol. The Hall–Kier alpha value is -0.950. The summed E-state index contributed by atoms with van der Waals surface area (Å²) in [4.78, 5) is 11.2. The van der Waals surface area contributed by atoms with E-state index in [-0.39, 0.29) is 11.2 Å². The number of nitrogens with zero attached hydrogens (tertiary/aromatic N) is 2. The lowest BCUT2D eigenvalue weighted by atomic mass is 9.88. The summed E-state index contributed by atoms with van der Waals surface area (Å²) in [5.74, 6) is -2.59. The number of halogens is 3. The second-order valence-electron chi connectivity index (χ2n) is 6.61. The number of alkyl halides is 3. The normalized spacial score (nSPS) is 25.1. The van der Waals surface area contributed by atoms with Gasteiger partial charge in [-0.3, -0.25) is 0 Å². The lowest BCUT2D eigenvalue weighted by Gasteiger charge is -2.31. The van der Waals surface area contributed by atoms with Crippen molar-refractivity contribution >= 4 is 16.0 Å². The van der Waals surface area contributed by atoms with Crippen molar-refractivity contribution in [2.75, 3.05) is 65.4 Å². The van der Waals surface area contributed by atoms with Crippen molar-refractivity contribution in [3.05, 3.63) is 0 Å². The summed E-state index contributed by atoms with van der Waals surface area (Å²) in [6.45, 7) is 7.44. The molecule has 2 rings (SSSR count). The van der Waals surface area contributed by atoms with Gasteiger partial charge in [0.15, 0.2) is 0 Å². The minimum absolute atomic E-state index is 0.0491. The van der Waals surface area contributed by atoms with Gasteiger partial charge in [0.05, 0.1) is 25.6 Å². The number of rotatable bonds is 5. The number of methoxy groups -OCH3 is 1. The molecule has 1 atom stereocenters. The molecule has 2 aliphatic rings. The molecule has 2 aliphatic heterocycles. The maximum atomic E-state index is 12.1. The summed E-state index contributed by atoms with van der Waals surface area (Å²) >= 11 is 0. The Morgan fingerprint density at radius 1 is 1.30 bits per heavy atom. The molecule has 160 valence electrons. The maximum Gasteiger partial charge on any atom is 0.490 e. The number of likely N-dealkylation sites (tertiary alicyclic amines) is 1. The Balaban J connectivity index is 0.000000445. The number of ether oxygens (including phenoxy) is 2. The first-order valence-electron chi connectivity index (χ1n) is 8.53. The van der Waals surface area contributed by atoms with E-state index >= 15 is 0 Å². The third kappa shape index (κ3) is 7.53. The van der Waals surface area contributed by atoms with Gasteiger partial charge in [-0.15, -0.1) is 0 Å². The number of carboxylic acid groups (broad SMARTS) is 1. The number of carboxylic acids is 1. The van der Waals surface area contributed by atoms with Gasteiger partial charge in [-0.25, -0.2) is 13.2 Å². The monoisotopic (exact) mass is 420 g/mol. The van der Waals surface area contributed by atoms with Crippen molar-refractivity contribution in [1.82, 2.24) is 9.21 Å². The van der Waals surface area contributed by atoms with Crippen LogP contribution in [0.3, 0.4) is 0 Å². The third-order valence-corrected chi connectivity index (χ3v) is 6.36. The highest BCUT2D eigenvalue weighted by Crippen LogP contribution is 2.34. The van der Waals surface area contributed by atoms with E-state index in [1.54, 1.807) is 18.3 Å². The van der Waals surface area contributed by atoms with Crippen LogP contribution in [0, 0.1) is 5.41 Å². The molecule has 1 N–H and O–H groups in total. The first kappa shape index (κ1) is 24.1. The van der Waals surface area contributed by atoms with Crippen LogP contribution in [0.5, 0.6) is 0 Å². The molecule has 2 fully saturated rings. The van der Waals surface area contributed by atoms with E-state index in [1.807, 2.05) is 0 Å². The van der Waals surface area contributed by atoms with Crippen molar-refractivity contribution in [2.45, 2.75) is 19.5 Å². The van der Waals surface area contributed by atoms with Gasteiger partial charge in [0.1, 0.15) is 0 Å². The lowest BCUT2D eigenvalue weighted by Crippen LogP contribution is -2.44. The van der Waals surface area contributed by atoms with Crippen LogP contribution in [0.2, 0.25) is 0 Å². The summed E-state index contributed by atoms with van der Waals surface area (Å²) in [7, 11) is -1.43. The maximum absolute atomic E-state index is 12.1. The van der Waals surface area contributed by atoms with Gasteiger partial charge < -0.3 is 19.5 Å². The minimum atomic E-state index is -5.08. The zero-order chi connectivity index (χ0) is 20.7. The highest BCUT2D eigenvalue weighted by atomic mass is 32.2. The number of hydrogen-bond donors (Lipinski definition) is 1. The van der Waals surface area contributed by atoms with Crippen LogP contribution in [0.1, 0.15) is 13.3 Å². The van der Waals surface area contributed by atoms with Gasteiger partial charge in [-0.1, -0.05) is 0 Å². The lowest BCUT2D eigenvalue weighted by molar-refractivity contribution is -0.192. The van der Waals surface area contributed by atoms with Gasteiger partial charge in [0.25, 0.3) is 0 Å². The molecule has 0 aromatic heterocycles. The van der Waals surface area contributed by atoms with Gasteiger partial charge >= 0.3 is 12.1 Å². The van der Waals surface area contributed by atoms with Crippen molar-refractivity contribution in [1.29, 1.82) is 0 Å². The highest BCUT2D eigenvalue weighted by molar-refractivity contribution is 7.89. The highest BCUT2D eigenvalue weighted by Gasteiger charge is 2.43. The van der Waals surface area contributed by atoms with E-state index in [4.69, 9.17) is 19.4 Å². The van der Waals surface area contributed by atoms with Crippen molar-refractivity contribution in [3.63, 3.8) is 0 Å². The quantitative estimate of drug-likeness (QED) is 0.697. The largest absolute Gasteiger partial charge is 0.490 e. The predicted octanol–water partition coefficient (Wildman–Crippen LogP) is 0.640. The second kappa shape index (κ2) is 10.0. The van der Waals surface area contributed by atoms with Gasteiger partial charge in [0.2, 0.25) is 10.0 Å².